The minimum atomic E-state index is -0.179. The number of thiazole rings is 1. The van der Waals surface area contributed by atoms with E-state index in [1.54, 1.807) is 41.7 Å². The van der Waals surface area contributed by atoms with Gasteiger partial charge in [-0.3, -0.25) is 4.79 Å². The highest BCUT2D eigenvalue weighted by atomic mass is 32.1. The highest BCUT2D eigenvalue weighted by Gasteiger charge is 2.12. The lowest BCUT2D eigenvalue weighted by molar-refractivity contribution is 0.0939. The number of ether oxygens (including phenoxy) is 1. The fraction of sp³-hybridized carbons (Fsp3) is 0.190. The molecule has 27 heavy (non-hydrogen) atoms. The zero-order valence-corrected chi connectivity index (χ0v) is 15.9. The number of benzene rings is 2. The number of hydrogen-bond donors (Lipinski definition) is 1. The molecular weight excluding hydrogens is 358 g/mol. The molecule has 0 saturated carbocycles. The van der Waals surface area contributed by atoms with Gasteiger partial charge in [0.05, 0.1) is 28.4 Å². The van der Waals surface area contributed by atoms with Gasteiger partial charge in [0.1, 0.15) is 12.4 Å². The van der Waals surface area contributed by atoms with Gasteiger partial charge in [0.2, 0.25) is 0 Å². The standard InChI is InChI=1S/C21H19N3O2S/c1-14(17-8-6-16(11-22)7-9-17)23-21(25)18-4-3-5-20(10-18)26-12-19-13-27-15(2)24-19/h3-10,13-14H,12H2,1-2H3,(H,23,25). The Hall–Kier alpha value is -3.17. The second-order valence-electron chi connectivity index (χ2n) is 6.10. The Labute approximate surface area is 162 Å². The van der Waals surface area contributed by atoms with Crippen molar-refractivity contribution in [1.29, 1.82) is 5.26 Å². The Morgan fingerprint density at radius 1 is 1.30 bits per heavy atom. The van der Waals surface area contributed by atoms with Crippen molar-refractivity contribution in [2.24, 2.45) is 0 Å². The molecule has 1 N–H and O–H groups in total. The van der Waals surface area contributed by atoms with Crippen LogP contribution in [0.3, 0.4) is 0 Å². The molecule has 0 radical (unpaired) electrons. The summed E-state index contributed by atoms with van der Waals surface area (Å²) in [7, 11) is 0. The lowest BCUT2D eigenvalue weighted by Gasteiger charge is -2.15. The molecule has 0 aliphatic heterocycles. The molecule has 1 aromatic heterocycles. The molecule has 0 aliphatic rings. The Bertz CT molecular complexity index is 974. The summed E-state index contributed by atoms with van der Waals surface area (Å²) in [6.07, 6.45) is 0. The topological polar surface area (TPSA) is 75.0 Å². The van der Waals surface area contributed by atoms with Gasteiger partial charge in [-0.15, -0.1) is 11.3 Å². The summed E-state index contributed by atoms with van der Waals surface area (Å²) >= 11 is 1.58. The molecule has 1 amide bonds. The van der Waals surface area contributed by atoms with Crippen LogP contribution in [-0.4, -0.2) is 10.9 Å². The zero-order valence-electron chi connectivity index (χ0n) is 15.1. The molecule has 1 unspecified atom stereocenters. The van der Waals surface area contributed by atoms with Crippen molar-refractivity contribution < 1.29 is 9.53 Å². The average molecular weight is 377 g/mol. The highest BCUT2D eigenvalue weighted by Crippen LogP contribution is 2.18. The van der Waals surface area contributed by atoms with E-state index in [1.807, 2.05) is 37.4 Å². The first-order chi connectivity index (χ1) is 13.0. The third-order valence-electron chi connectivity index (χ3n) is 4.04. The van der Waals surface area contributed by atoms with E-state index in [1.165, 1.54) is 0 Å². The minimum Gasteiger partial charge on any atom is -0.487 e. The number of aromatic nitrogens is 1. The molecule has 1 atom stereocenters. The molecule has 0 bridgehead atoms. The lowest BCUT2D eigenvalue weighted by atomic mass is 10.1. The monoisotopic (exact) mass is 377 g/mol. The first kappa shape index (κ1) is 18.6. The Kier molecular flexibility index (Phi) is 5.84. The number of carbonyl (C=O) groups is 1. The van der Waals surface area contributed by atoms with Crippen molar-refractivity contribution in [2.75, 3.05) is 0 Å². The van der Waals surface area contributed by atoms with Gasteiger partial charge in [0, 0.05) is 10.9 Å². The van der Waals surface area contributed by atoms with Gasteiger partial charge < -0.3 is 10.1 Å². The predicted molar refractivity (Wildman–Crippen MR) is 105 cm³/mol. The first-order valence-corrected chi connectivity index (χ1v) is 9.38. The zero-order chi connectivity index (χ0) is 19.2. The molecule has 6 heteroatoms. The lowest BCUT2D eigenvalue weighted by Crippen LogP contribution is -2.26. The van der Waals surface area contributed by atoms with Gasteiger partial charge >= 0.3 is 0 Å². The first-order valence-electron chi connectivity index (χ1n) is 8.50. The number of carbonyl (C=O) groups excluding carboxylic acids is 1. The normalized spacial score (nSPS) is 11.4. The van der Waals surface area contributed by atoms with Crippen molar-refractivity contribution in [2.45, 2.75) is 26.5 Å². The third kappa shape index (κ3) is 4.93. The number of nitriles is 1. The van der Waals surface area contributed by atoms with Gasteiger partial charge in [0.15, 0.2) is 0 Å². The van der Waals surface area contributed by atoms with Gasteiger partial charge in [-0.1, -0.05) is 18.2 Å². The van der Waals surface area contributed by atoms with Crippen LogP contribution in [0, 0.1) is 18.3 Å². The van der Waals surface area contributed by atoms with E-state index in [0.717, 1.165) is 16.3 Å². The van der Waals surface area contributed by atoms with Crippen LogP contribution in [-0.2, 0) is 6.61 Å². The number of nitrogens with zero attached hydrogens (tertiary/aromatic N) is 2. The van der Waals surface area contributed by atoms with Crippen molar-refractivity contribution in [3.05, 3.63) is 81.3 Å². The molecule has 2 aromatic carbocycles. The van der Waals surface area contributed by atoms with E-state index in [-0.39, 0.29) is 11.9 Å². The van der Waals surface area contributed by atoms with Crippen LogP contribution < -0.4 is 10.1 Å². The quantitative estimate of drug-likeness (QED) is 0.691. The summed E-state index contributed by atoms with van der Waals surface area (Å²) in [5.74, 6) is 0.446. The van der Waals surface area contributed by atoms with Gasteiger partial charge in [-0.2, -0.15) is 5.26 Å². The summed E-state index contributed by atoms with van der Waals surface area (Å²) in [6.45, 7) is 4.23. The van der Waals surface area contributed by atoms with Crippen LogP contribution in [0.4, 0.5) is 0 Å². The Balaban J connectivity index is 1.63. The van der Waals surface area contributed by atoms with E-state index in [4.69, 9.17) is 10.00 Å². The van der Waals surface area contributed by atoms with Crippen molar-refractivity contribution >= 4 is 17.2 Å². The van der Waals surface area contributed by atoms with E-state index in [0.29, 0.717) is 23.5 Å². The summed E-state index contributed by atoms with van der Waals surface area (Å²) in [6, 6.07) is 16.2. The molecule has 0 spiro atoms. The van der Waals surface area contributed by atoms with Gasteiger partial charge in [-0.05, 0) is 49.7 Å². The predicted octanol–water partition coefficient (Wildman–Crippen LogP) is 4.39. The van der Waals surface area contributed by atoms with Crippen molar-refractivity contribution in [3.63, 3.8) is 0 Å². The van der Waals surface area contributed by atoms with E-state index < -0.39 is 0 Å². The Morgan fingerprint density at radius 2 is 2.07 bits per heavy atom. The second-order valence-corrected chi connectivity index (χ2v) is 7.17. The second kappa shape index (κ2) is 8.47. The maximum absolute atomic E-state index is 12.6. The fourth-order valence-corrected chi connectivity index (χ4v) is 3.17. The third-order valence-corrected chi connectivity index (χ3v) is 4.86. The van der Waals surface area contributed by atoms with Crippen LogP contribution in [0.1, 0.15) is 45.2 Å². The number of rotatable bonds is 6. The molecule has 0 saturated heterocycles. The van der Waals surface area contributed by atoms with Crippen LogP contribution in [0.2, 0.25) is 0 Å². The molecule has 0 fully saturated rings. The minimum absolute atomic E-state index is 0.173. The maximum Gasteiger partial charge on any atom is 0.251 e. The Morgan fingerprint density at radius 3 is 2.74 bits per heavy atom. The van der Waals surface area contributed by atoms with Crippen LogP contribution in [0.15, 0.2) is 53.9 Å². The highest BCUT2D eigenvalue weighted by molar-refractivity contribution is 7.09. The van der Waals surface area contributed by atoms with Crippen molar-refractivity contribution in [3.8, 4) is 11.8 Å². The maximum atomic E-state index is 12.6. The van der Waals surface area contributed by atoms with E-state index >= 15 is 0 Å². The molecule has 0 aliphatic carbocycles. The fourth-order valence-electron chi connectivity index (χ4n) is 2.57. The smallest absolute Gasteiger partial charge is 0.251 e. The number of nitrogens with one attached hydrogen (secondary N) is 1. The van der Waals surface area contributed by atoms with Gasteiger partial charge in [0.25, 0.3) is 5.91 Å². The average Bonchev–Trinajstić information content (AvgIpc) is 3.12. The SMILES string of the molecule is Cc1nc(COc2cccc(C(=O)NC(C)c3ccc(C#N)cc3)c2)cs1. The number of hydrogen-bond acceptors (Lipinski definition) is 5. The van der Waals surface area contributed by atoms with Gasteiger partial charge in [-0.25, -0.2) is 4.98 Å². The molecule has 5 nitrogen and oxygen atoms in total. The van der Waals surface area contributed by atoms with Crippen LogP contribution in [0.25, 0.3) is 0 Å². The summed E-state index contributed by atoms with van der Waals surface area (Å²) in [4.78, 5) is 16.9. The summed E-state index contributed by atoms with van der Waals surface area (Å²) in [5, 5.41) is 14.8. The number of aryl methyl sites for hydroxylation is 1. The van der Waals surface area contributed by atoms with Crippen molar-refractivity contribution in [1.82, 2.24) is 10.3 Å². The molecule has 1 heterocycles. The molecular formula is C21H19N3O2S. The number of amides is 1. The van der Waals surface area contributed by atoms with Crippen LogP contribution >= 0.6 is 11.3 Å². The van der Waals surface area contributed by atoms with Crippen LogP contribution in [0.5, 0.6) is 5.75 Å². The molecule has 3 aromatic rings. The summed E-state index contributed by atoms with van der Waals surface area (Å²) < 4.78 is 5.74. The van der Waals surface area contributed by atoms with E-state index in [2.05, 4.69) is 16.4 Å². The summed E-state index contributed by atoms with van der Waals surface area (Å²) in [5.41, 5.74) is 2.94. The van der Waals surface area contributed by atoms with E-state index in [9.17, 15) is 4.79 Å². The molecule has 136 valence electrons. The molecule has 3 rings (SSSR count). The largest absolute Gasteiger partial charge is 0.487 e.